The monoisotopic (exact) mass is 926 g/mol. The molecular weight excluding hydrogens is 907 g/mol. The lowest BCUT2D eigenvalue weighted by Gasteiger charge is -2.33. The lowest BCUT2D eigenvalue weighted by atomic mass is 10.2. The summed E-state index contributed by atoms with van der Waals surface area (Å²) in [6.07, 6.45) is 0. The Bertz CT molecular complexity index is 1710. The Hall–Kier alpha value is -1.39. The lowest BCUT2D eigenvalue weighted by Crippen LogP contribution is -2.24. The molecule has 0 fully saturated rings. The van der Waals surface area contributed by atoms with E-state index < -0.39 is 69.9 Å². The van der Waals surface area contributed by atoms with Gasteiger partial charge in [0.2, 0.25) is 0 Å². The van der Waals surface area contributed by atoms with Gasteiger partial charge in [-0.1, -0.05) is 47.8 Å². The van der Waals surface area contributed by atoms with Crippen LogP contribution in [0, 0.1) is 0 Å². The predicted molar refractivity (Wildman–Crippen MR) is 168 cm³/mol. The maximum atomic E-state index is 16.3. The fourth-order valence-corrected chi connectivity index (χ4v) is 11.4. The number of ether oxygens (including phenoxy) is 3. The van der Waals surface area contributed by atoms with Crippen LogP contribution in [0.2, 0.25) is 0 Å². The van der Waals surface area contributed by atoms with E-state index in [9.17, 15) is 23.5 Å². The minimum atomic E-state index is -7.45. The van der Waals surface area contributed by atoms with E-state index >= 15 is 26.3 Å². The van der Waals surface area contributed by atoms with E-state index in [0.717, 1.165) is 50.6 Å². The van der Waals surface area contributed by atoms with E-state index in [1.807, 2.05) is 0 Å². The van der Waals surface area contributed by atoms with Gasteiger partial charge in [0.05, 0.1) is 37.5 Å². The van der Waals surface area contributed by atoms with Crippen molar-refractivity contribution in [1.82, 2.24) is 0 Å². The smallest absolute Gasteiger partial charge is 0.419 e. The molecule has 260 valence electrons. The van der Waals surface area contributed by atoms with Gasteiger partial charge in [0.25, 0.3) is 0 Å². The predicted octanol–water partition coefficient (Wildman–Crippen LogP) is 10.5. The quantitative estimate of drug-likeness (QED) is 0.119. The summed E-state index contributed by atoms with van der Waals surface area (Å²) in [5.74, 6) is -1.02. The van der Waals surface area contributed by atoms with Crippen LogP contribution in [0.25, 0.3) is 0 Å². The Morgan fingerprint density at radius 1 is 0.617 bits per heavy atom. The van der Waals surface area contributed by atoms with Gasteiger partial charge < -0.3 is 24.0 Å². The molecule has 0 aliphatic carbocycles. The highest BCUT2D eigenvalue weighted by Gasteiger charge is 2.69. The van der Waals surface area contributed by atoms with Crippen molar-refractivity contribution in [2.45, 2.75) is 23.9 Å². The molecule has 0 radical (unpaired) electrons. The first kappa shape index (κ1) is 40.0. The van der Waals surface area contributed by atoms with E-state index in [1.54, 1.807) is 0 Å². The van der Waals surface area contributed by atoms with E-state index in [2.05, 4.69) is 56.4 Å². The van der Waals surface area contributed by atoms with E-state index in [-0.39, 0.29) is 23.9 Å². The molecule has 2 N–H and O–H groups in total. The Morgan fingerprint density at radius 2 is 0.936 bits per heavy atom. The third kappa shape index (κ3) is 7.84. The average Bonchev–Trinajstić information content (AvgIpc) is 2.97. The minimum absolute atomic E-state index is 0.113. The van der Waals surface area contributed by atoms with Gasteiger partial charge in [-0.15, -0.1) is 0 Å². The first-order valence-electron chi connectivity index (χ1n) is 12.4. The zero-order valence-electron chi connectivity index (χ0n) is 23.8. The van der Waals surface area contributed by atoms with Crippen LogP contribution in [0.3, 0.4) is 0 Å². The molecule has 0 aliphatic rings. The van der Waals surface area contributed by atoms with Gasteiger partial charge >= 0.3 is 39.8 Å². The summed E-state index contributed by atoms with van der Waals surface area (Å²) in [6.45, 7) is 1.33. The fourth-order valence-electron chi connectivity index (χ4n) is 3.68. The number of halogens is 9. The maximum absolute atomic E-state index is 16.3. The van der Waals surface area contributed by atoms with Gasteiger partial charge in [-0.05, 0) is 61.5 Å². The molecule has 0 bridgehead atoms. The largest absolute Gasteiger partial charge is 0.497 e. The van der Waals surface area contributed by atoms with Crippen molar-refractivity contribution in [2.24, 2.45) is 0 Å². The molecule has 3 aromatic rings. The van der Waals surface area contributed by atoms with E-state index in [0.29, 0.717) is 18.2 Å². The van der Waals surface area contributed by atoms with Crippen molar-refractivity contribution in [1.29, 1.82) is 0 Å². The molecule has 0 aromatic heterocycles. The van der Waals surface area contributed by atoms with Crippen LogP contribution in [-0.4, -0.2) is 30.6 Å². The van der Waals surface area contributed by atoms with Crippen molar-refractivity contribution in [2.75, 3.05) is 20.8 Å². The van der Waals surface area contributed by atoms with Crippen molar-refractivity contribution < 1.29 is 72.7 Å². The molecule has 0 aliphatic heterocycles. The Morgan fingerprint density at radius 3 is 1.28 bits per heavy atom. The van der Waals surface area contributed by atoms with Crippen LogP contribution >= 0.6 is 70.6 Å². The zero-order valence-corrected chi connectivity index (χ0v) is 31.2. The molecule has 2 unspecified atom stereocenters. The van der Waals surface area contributed by atoms with Crippen LogP contribution in [0.4, 0.5) is 26.3 Å². The number of hydrogen-bond acceptors (Lipinski definition) is 8. The fraction of sp³-hybridized carbons (Fsp3) is 0.280. The third-order valence-corrected chi connectivity index (χ3v) is 14.5. The topological polar surface area (TPSA) is 138 Å². The van der Waals surface area contributed by atoms with E-state index in [1.165, 1.54) is 6.92 Å². The van der Waals surface area contributed by atoms with Gasteiger partial charge in [0.1, 0.15) is 17.2 Å². The normalized spacial score (nSPS) is 16.5. The molecule has 10 nitrogen and oxygen atoms in total. The summed E-state index contributed by atoms with van der Waals surface area (Å²) >= 11 is 8.12. The Kier molecular flexibility index (Phi) is 12.3. The number of rotatable bonds is 14. The van der Waals surface area contributed by atoms with Crippen molar-refractivity contribution in [3.63, 3.8) is 0 Å². The van der Waals surface area contributed by atoms with E-state index in [4.69, 9.17) is 14.2 Å². The molecule has 22 heteroatoms. The van der Waals surface area contributed by atoms with Crippen molar-refractivity contribution in [3.8, 4) is 17.2 Å². The SMILES string of the molecule is CCOc1ccc(Br)c(C(F)(F)P(=O)(OP(=O)(O)C(F)(F)c2cc(OC)ccc2Br)OP(=O)(O)C(F)(F)c2cc(OC)ccc2Br)c1. The summed E-state index contributed by atoms with van der Waals surface area (Å²) < 4.78 is 157. The van der Waals surface area contributed by atoms with Crippen LogP contribution in [0.5, 0.6) is 17.2 Å². The number of hydrogen-bond donors (Lipinski definition) is 2. The molecule has 3 rings (SSSR count). The van der Waals surface area contributed by atoms with Gasteiger partial charge in [-0.2, -0.15) is 26.3 Å². The van der Waals surface area contributed by atoms with Gasteiger partial charge in [-0.3, -0.25) is 13.7 Å². The average molecular weight is 929 g/mol. The molecule has 47 heavy (non-hydrogen) atoms. The van der Waals surface area contributed by atoms with Gasteiger partial charge in [-0.25, -0.2) is 8.62 Å². The van der Waals surface area contributed by atoms with Crippen LogP contribution < -0.4 is 14.2 Å². The Balaban J connectivity index is 2.29. The summed E-state index contributed by atoms with van der Waals surface area (Å²) in [7, 11) is -19.6. The first-order valence-corrected chi connectivity index (χ1v) is 19.5. The highest BCUT2D eigenvalue weighted by molar-refractivity contribution is 9.11. The number of methoxy groups -OCH3 is 2. The highest BCUT2D eigenvalue weighted by Crippen LogP contribution is 2.84. The molecule has 3 aromatic carbocycles. The van der Waals surface area contributed by atoms with Crippen LogP contribution in [0.15, 0.2) is 68.0 Å². The second-order valence-corrected chi connectivity index (χ2v) is 17.7. The van der Waals surface area contributed by atoms with Gasteiger partial charge in [0.15, 0.2) is 0 Å². The number of alkyl halides is 6. The minimum Gasteiger partial charge on any atom is -0.497 e. The zero-order chi connectivity index (χ0) is 35.8. The molecule has 0 amide bonds. The second-order valence-electron chi connectivity index (χ2n) is 9.09. The standard InChI is InChI=1S/C25H22Br3F6O10P3/c1-4-42-16-7-10-22(28)19(13-16)25(33,34)47(39,43-45(35,36)23(29,30)17-11-14(40-2)5-8-20(17)26)44-46(37,38)24(31,32)18-12-15(41-3)6-9-21(18)27/h5-13H,4H2,1-3H3,(H,35,36)(H,37,38). The number of benzene rings is 3. The molecule has 0 saturated heterocycles. The molecule has 0 heterocycles. The third-order valence-electron chi connectivity index (χ3n) is 6.06. The molecule has 0 spiro atoms. The van der Waals surface area contributed by atoms with Crippen molar-refractivity contribution in [3.05, 3.63) is 84.7 Å². The molecule has 0 saturated carbocycles. The molecular formula is C25H22Br3F6O10P3. The second kappa shape index (κ2) is 14.5. The Labute approximate surface area is 288 Å². The van der Waals surface area contributed by atoms with Crippen LogP contribution in [-0.2, 0) is 39.3 Å². The highest BCUT2D eigenvalue weighted by atomic mass is 79.9. The summed E-state index contributed by atoms with van der Waals surface area (Å²) in [5, 5.41) is 0. The van der Waals surface area contributed by atoms with Crippen LogP contribution in [0.1, 0.15) is 23.6 Å². The summed E-state index contributed by atoms with van der Waals surface area (Å²) in [4.78, 5) is 21.0. The van der Waals surface area contributed by atoms with Gasteiger partial charge in [0, 0.05) is 13.4 Å². The molecule has 2 atom stereocenters. The summed E-state index contributed by atoms with van der Waals surface area (Å²) in [5.41, 5.74) is -20.4. The first-order chi connectivity index (χ1) is 21.5. The lowest BCUT2D eigenvalue weighted by molar-refractivity contribution is 0.0289. The summed E-state index contributed by atoms with van der Waals surface area (Å²) in [6, 6.07) is 7.50. The van der Waals surface area contributed by atoms with Crippen molar-refractivity contribution >= 4 is 70.6 Å². The maximum Gasteiger partial charge on any atom is 0.419 e.